The molecule has 1 aliphatic heterocycles. The first-order chi connectivity index (χ1) is 9.41. The van der Waals surface area contributed by atoms with E-state index in [9.17, 15) is 4.79 Å². The zero-order chi connectivity index (χ0) is 14.8. The number of carbonyl (C=O) groups excluding carboxylic acids is 1. The van der Waals surface area contributed by atoms with Crippen molar-refractivity contribution >= 4 is 5.97 Å². The SMILES string of the molecule is COC(=O)[C@H](N)c1ccc(CC2COC(C)(C)O2)cc1. The highest BCUT2D eigenvalue weighted by molar-refractivity contribution is 5.77. The fraction of sp³-hybridized carbons (Fsp3) is 0.533. The van der Waals surface area contributed by atoms with E-state index >= 15 is 0 Å². The normalized spacial score (nSPS) is 22.5. The topological polar surface area (TPSA) is 70.8 Å². The number of hydrogen-bond donors (Lipinski definition) is 1. The van der Waals surface area contributed by atoms with Gasteiger partial charge in [-0.15, -0.1) is 0 Å². The molecule has 1 fully saturated rings. The predicted octanol–water partition coefficient (Wildman–Crippen LogP) is 1.55. The number of carbonyl (C=O) groups is 1. The maximum Gasteiger partial charge on any atom is 0.327 e. The molecule has 20 heavy (non-hydrogen) atoms. The summed E-state index contributed by atoms with van der Waals surface area (Å²) in [6.07, 6.45) is 0.835. The van der Waals surface area contributed by atoms with Gasteiger partial charge < -0.3 is 19.9 Å². The molecule has 5 nitrogen and oxygen atoms in total. The Morgan fingerprint density at radius 3 is 2.60 bits per heavy atom. The van der Waals surface area contributed by atoms with Gasteiger partial charge in [0.1, 0.15) is 6.04 Å². The first kappa shape index (κ1) is 15.0. The average Bonchev–Trinajstić information content (AvgIpc) is 2.77. The van der Waals surface area contributed by atoms with Crippen molar-refractivity contribution < 1.29 is 19.0 Å². The second kappa shape index (κ2) is 5.91. The first-order valence-electron chi connectivity index (χ1n) is 6.65. The Hall–Kier alpha value is -1.43. The second-order valence-electron chi connectivity index (χ2n) is 5.40. The highest BCUT2D eigenvalue weighted by Gasteiger charge is 2.32. The maximum atomic E-state index is 11.4. The molecule has 2 atom stereocenters. The number of methoxy groups -OCH3 is 1. The van der Waals surface area contributed by atoms with Gasteiger partial charge in [-0.25, -0.2) is 0 Å². The molecule has 0 radical (unpaired) electrons. The minimum absolute atomic E-state index is 0.0603. The summed E-state index contributed by atoms with van der Waals surface area (Å²) in [5, 5.41) is 0. The summed E-state index contributed by atoms with van der Waals surface area (Å²) >= 11 is 0. The van der Waals surface area contributed by atoms with Crippen molar-refractivity contribution in [2.45, 2.75) is 38.2 Å². The third-order valence-electron chi connectivity index (χ3n) is 3.32. The molecule has 2 rings (SSSR count). The smallest absolute Gasteiger partial charge is 0.327 e. The van der Waals surface area contributed by atoms with Crippen LogP contribution in [0.15, 0.2) is 24.3 Å². The van der Waals surface area contributed by atoms with E-state index < -0.39 is 17.8 Å². The Morgan fingerprint density at radius 1 is 1.45 bits per heavy atom. The van der Waals surface area contributed by atoms with E-state index in [2.05, 4.69) is 4.74 Å². The number of hydrogen-bond acceptors (Lipinski definition) is 5. The van der Waals surface area contributed by atoms with E-state index in [0.717, 1.165) is 17.5 Å². The molecule has 0 bridgehead atoms. The van der Waals surface area contributed by atoms with Gasteiger partial charge >= 0.3 is 5.97 Å². The average molecular weight is 279 g/mol. The van der Waals surface area contributed by atoms with Crippen LogP contribution in [0.4, 0.5) is 0 Å². The summed E-state index contributed by atoms with van der Waals surface area (Å²) in [4.78, 5) is 11.4. The predicted molar refractivity (Wildman–Crippen MR) is 74.0 cm³/mol. The van der Waals surface area contributed by atoms with Crippen molar-refractivity contribution in [2.75, 3.05) is 13.7 Å². The summed E-state index contributed by atoms with van der Waals surface area (Å²) in [5.41, 5.74) is 7.64. The largest absolute Gasteiger partial charge is 0.468 e. The highest BCUT2D eigenvalue weighted by Crippen LogP contribution is 2.25. The molecule has 110 valence electrons. The lowest BCUT2D eigenvalue weighted by Crippen LogP contribution is -2.23. The summed E-state index contributed by atoms with van der Waals surface area (Å²) < 4.78 is 15.9. The number of esters is 1. The van der Waals surface area contributed by atoms with Crippen molar-refractivity contribution in [1.29, 1.82) is 0 Å². The standard InChI is InChI=1S/C15H21NO4/c1-15(2)19-9-12(20-15)8-10-4-6-11(7-5-10)13(16)14(17)18-3/h4-7,12-13H,8-9,16H2,1-3H3/t12?,13-/m1/s1. The van der Waals surface area contributed by atoms with Crippen molar-refractivity contribution in [3.05, 3.63) is 35.4 Å². The zero-order valence-electron chi connectivity index (χ0n) is 12.1. The Kier molecular flexibility index (Phi) is 4.42. The van der Waals surface area contributed by atoms with Crippen LogP contribution in [0.25, 0.3) is 0 Å². The number of benzene rings is 1. The highest BCUT2D eigenvalue weighted by atomic mass is 16.7. The van der Waals surface area contributed by atoms with Crippen LogP contribution in [0, 0.1) is 0 Å². The van der Waals surface area contributed by atoms with Crippen molar-refractivity contribution in [3.8, 4) is 0 Å². The van der Waals surface area contributed by atoms with Gasteiger partial charge in [-0.2, -0.15) is 0 Å². The van der Waals surface area contributed by atoms with Gasteiger partial charge in [0.2, 0.25) is 0 Å². The lowest BCUT2D eigenvalue weighted by Gasteiger charge is -2.17. The molecule has 1 saturated heterocycles. The lowest BCUT2D eigenvalue weighted by molar-refractivity contribution is -0.142. The van der Waals surface area contributed by atoms with Crippen molar-refractivity contribution in [3.63, 3.8) is 0 Å². The summed E-state index contributed by atoms with van der Waals surface area (Å²) in [6.45, 7) is 4.41. The van der Waals surface area contributed by atoms with Gasteiger partial charge in [-0.1, -0.05) is 24.3 Å². The van der Waals surface area contributed by atoms with E-state index in [4.69, 9.17) is 15.2 Å². The maximum absolute atomic E-state index is 11.4. The van der Waals surface area contributed by atoms with E-state index in [-0.39, 0.29) is 6.10 Å². The van der Waals surface area contributed by atoms with Gasteiger partial charge in [-0.3, -0.25) is 4.79 Å². The molecular weight excluding hydrogens is 258 g/mol. The third kappa shape index (κ3) is 3.56. The van der Waals surface area contributed by atoms with Crippen LogP contribution in [0.1, 0.15) is 31.0 Å². The van der Waals surface area contributed by atoms with E-state index in [0.29, 0.717) is 6.61 Å². The number of nitrogens with two attached hydrogens (primary N) is 1. The molecule has 1 aliphatic rings. The van der Waals surface area contributed by atoms with Crippen molar-refractivity contribution in [2.24, 2.45) is 5.73 Å². The Balaban J connectivity index is 1.97. The minimum atomic E-state index is -0.737. The fourth-order valence-corrected chi connectivity index (χ4v) is 2.25. The van der Waals surface area contributed by atoms with Gasteiger partial charge in [0, 0.05) is 6.42 Å². The molecule has 0 amide bonds. The molecule has 1 unspecified atom stereocenters. The quantitative estimate of drug-likeness (QED) is 0.847. The molecule has 2 N–H and O–H groups in total. The molecule has 1 heterocycles. The minimum Gasteiger partial charge on any atom is -0.468 e. The summed E-state index contributed by atoms with van der Waals surface area (Å²) in [6, 6.07) is 6.86. The summed E-state index contributed by atoms with van der Waals surface area (Å²) in [7, 11) is 1.33. The molecule has 1 aromatic rings. The number of ether oxygens (including phenoxy) is 3. The number of rotatable bonds is 4. The van der Waals surface area contributed by atoms with Crippen LogP contribution in [0.2, 0.25) is 0 Å². The molecule has 0 aromatic heterocycles. The van der Waals surface area contributed by atoms with E-state index in [1.807, 2.05) is 38.1 Å². The summed E-state index contributed by atoms with van der Waals surface area (Å²) in [5.74, 6) is -0.940. The van der Waals surface area contributed by atoms with Crippen LogP contribution >= 0.6 is 0 Å². The van der Waals surface area contributed by atoms with Crippen LogP contribution in [-0.2, 0) is 25.4 Å². The second-order valence-corrected chi connectivity index (χ2v) is 5.40. The first-order valence-corrected chi connectivity index (χ1v) is 6.65. The van der Waals surface area contributed by atoms with Gasteiger partial charge in [0.15, 0.2) is 5.79 Å². The molecule has 5 heteroatoms. The Morgan fingerprint density at radius 2 is 2.10 bits per heavy atom. The zero-order valence-corrected chi connectivity index (χ0v) is 12.1. The van der Waals surface area contributed by atoms with E-state index in [1.165, 1.54) is 7.11 Å². The van der Waals surface area contributed by atoms with Crippen LogP contribution in [0.5, 0.6) is 0 Å². The van der Waals surface area contributed by atoms with Gasteiger partial charge in [0.05, 0.1) is 19.8 Å². The lowest BCUT2D eigenvalue weighted by atomic mass is 10.0. The molecule has 0 spiro atoms. The van der Waals surface area contributed by atoms with Gasteiger partial charge in [-0.05, 0) is 25.0 Å². The Labute approximate surface area is 119 Å². The van der Waals surface area contributed by atoms with Crippen LogP contribution in [0.3, 0.4) is 0 Å². The van der Waals surface area contributed by atoms with Crippen molar-refractivity contribution in [1.82, 2.24) is 0 Å². The van der Waals surface area contributed by atoms with Crippen LogP contribution < -0.4 is 5.73 Å². The van der Waals surface area contributed by atoms with E-state index in [1.54, 1.807) is 0 Å². The van der Waals surface area contributed by atoms with Crippen LogP contribution in [-0.4, -0.2) is 31.6 Å². The molecular formula is C15H21NO4. The fourth-order valence-electron chi connectivity index (χ4n) is 2.25. The molecule has 0 aliphatic carbocycles. The molecule has 0 saturated carbocycles. The molecule has 1 aromatic carbocycles. The van der Waals surface area contributed by atoms with Gasteiger partial charge in [0.25, 0.3) is 0 Å². The third-order valence-corrected chi connectivity index (χ3v) is 3.32. The monoisotopic (exact) mass is 279 g/mol. The Bertz CT molecular complexity index is 469.